The second kappa shape index (κ2) is 4.24. The molecule has 1 heterocycles. The molecule has 0 aliphatic heterocycles. The van der Waals surface area contributed by atoms with Gasteiger partial charge in [-0.1, -0.05) is 6.08 Å². The maximum absolute atomic E-state index is 12.1. The van der Waals surface area contributed by atoms with Gasteiger partial charge in [0.2, 0.25) is 0 Å². The summed E-state index contributed by atoms with van der Waals surface area (Å²) < 4.78 is 36.2. The number of aromatic nitrogens is 1. The number of thiazole rings is 1. The van der Waals surface area contributed by atoms with Crippen molar-refractivity contribution in [2.45, 2.75) is 12.6 Å². The Kier molecular flexibility index (Phi) is 3.25. The third-order valence-electron chi connectivity index (χ3n) is 1.28. The Morgan fingerprint density at radius 3 is 2.79 bits per heavy atom. The van der Waals surface area contributed by atoms with Gasteiger partial charge in [-0.3, -0.25) is 0 Å². The second-order valence-corrected chi connectivity index (χ2v) is 3.22. The number of hydrogen-bond donors (Lipinski definition) is 0. The van der Waals surface area contributed by atoms with Gasteiger partial charge in [-0.25, -0.2) is 4.98 Å². The molecule has 0 spiro atoms. The Hall–Kier alpha value is -1.35. The van der Waals surface area contributed by atoms with Crippen molar-refractivity contribution < 1.29 is 13.2 Å². The maximum atomic E-state index is 12.1. The van der Waals surface area contributed by atoms with E-state index >= 15 is 0 Å². The monoisotopic (exact) mass is 218 g/mol. The van der Waals surface area contributed by atoms with E-state index in [1.54, 1.807) is 0 Å². The van der Waals surface area contributed by atoms with Gasteiger partial charge < -0.3 is 0 Å². The molecule has 14 heavy (non-hydrogen) atoms. The first-order valence-electron chi connectivity index (χ1n) is 3.60. The van der Waals surface area contributed by atoms with Crippen LogP contribution in [0.1, 0.15) is 17.1 Å². The van der Waals surface area contributed by atoms with E-state index in [0.29, 0.717) is 0 Å². The Balaban J connectivity index is 2.75. The molecule has 2 nitrogen and oxygen atoms in total. The predicted molar refractivity (Wildman–Crippen MR) is 46.4 cm³/mol. The first-order chi connectivity index (χ1) is 6.54. The van der Waals surface area contributed by atoms with Gasteiger partial charge in [0.15, 0.2) is 5.69 Å². The molecular formula is C8H5F3N2S. The van der Waals surface area contributed by atoms with Crippen molar-refractivity contribution in [3.63, 3.8) is 0 Å². The number of halogens is 3. The molecule has 1 aromatic heterocycles. The van der Waals surface area contributed by atoms with Crippen molar-refractivity contribution in [2.75, 3.05) is 0 Å². The van der Waals surface area contributed by atoms with Gasteiger partial charge in [0.1, 0.15) is 5.01 Å². The van der Waals surface area contributed by atoms with E-state index in [-0.39, 0.29) is 11.4 Å². The van der Waals surface area contributed by atoms with Crippen molar-refractivity contribution in [3.05, 3.63) is 22.2 Å². The van der Waals surface area contributed by atoms with Crippen molar-refractivity contribution in [1.29, 1.82) is 5.26 Å². The summed E-state index contributed by atoms with van der Waals surface area (Å²) in [6.07, 6.45) is -1.35. The van der Waals surface area contributed by atoms with Crippen LogP contribution in [0, 0.1) is 11.3 Å². The van der Waals surface area contributed by atoms with Crippen LogP contribution in [-0.4, -0.2) is 4.98 Å². The lowest BCUT2D eigenvalue weighted by Crippen LogP contribution is -2.04. The molecule has 0 saturated heterocycles. The molecule has 0 aliphatic rings. The van der Waals surface area contributed by atoms with Gasteiger partial charge in [0.25, 0.3) is 0 Å². The number of alkyl halides is 3. The molecule has 0 unspecified atom stereocenters. The quantitative estimate of drug-likeness (QED) is 0.764. The molecule has 0 radical (unpaired) electrons. The molecular weight excluding hydrogens is 213 g/mol. The first kappa shape index (κ1) is 10.7. The van der Waals surface area contributed by atoms with Gasteiger partial charge >= 0.3 is 6.18 Å². The van der Waals surface area contributed by atoms with E-state index in [1.165, 1.54) is 12.2 Å². The van der Waals surface area contributed by atoms with E-state index in [9.17, 15) is 13.2 Å². The molecule has 0 bridgehead atoms. The Labute approximate surface area is 82.3 Å². The summed E-state index contributed by atoms with van der Waals surface area (Å²) in [4.78, 5) is 3.35. The molecule has 0 amide bonds. The fourth-order valence-electron chi connectivity index (χ4n) is 0.707. The lowest BCUT2D eigenvalue weighted by atomic mass is 10.4. The van der Waals surface area contributed by atoms with Gasteiger partial charge in [0, 0.05) is 5.38 Å². The number of rotatable bonds is 2. The molecule has 0 aliphatic carbocycles. The van der Waals surface area contributed by atoms with E-state index in [0.717, 1.165) is 16.7 Å². The largest absolute Gasteiger partial charge is 0.434 e. The van der Waals surface area contributed by atoms with Gasteiger partial charge in [-0.2, -0.15) is 18.4 Å². The average molecular weight is 218 g/mol. The van der Waals surface area contributed by atoms with Crippen molar-refractivity contribution in [2.24, 2.45) is 0 Å². The van der Waals surface area contributed by atoms with E-state index in [4.69, 9.17) is 5.26 Å². The topological polar surface area (TPSA) is 36.7 Å². The fraction of sp³-hybridized carbons (Fsp3) is 0.250. The normalized spacial score (nSPS) is 11.9. The van der Waals surface area contributed by atoms with Gasteiger partial charge in [-0.15, -0.1) is 11.3 Å². The van der Waals surface area contributed by atoms with Crippen LogP contribution in [0.5, 0.6) is 0 Å². The molecule has 0 atom stereocenters. The number of allylic oxidation sites excluding steroid dienone is 1. The summed E-state index contributed by atoms with van der Waals surface area (Å²) in [5.41, 5.74) is -0.890. The van der Waals surface area contributed by atoms with Crippen LogP contribution in [-0.2, 0) is 6.18 Å². The zero-order valence-electron chi connectivity index (χ0n) is 6.88. The summed E-state index contributed by atoms with van der Waals surface area (Å²) in [5.74, 6) is 0. The van der Waals surface area contributed by atoms with Crippen LogP contribution in [0.3, 0.4) is 0 Å². The lowest BCUT2D eigenvalue weighted by Gasteiger charge is -1.98. The highest BCUT2D eigenvalue weighted by molar-refractivity contribution is 7.10. The van der Waals surface area contributed by atoms with E-state index < -0.39 is 11.9 Å². The molecule has 1 rings (SSSR count). The first-order valence-corrected chi connectivity index (χ1v) is 4.48. The second-order valence-electron chi connectivity index (χ2n) is 2.33. The number of nitrogens with zero attached hydrogens (tertiary/aromatic N) is 2. The van der Waals surface area contributed by atoms with Crippen LogP contribution < -0.4 is 0 Å². The van der Waals surface area contributed by atoms with Crippen molar-refractivity contribution in [3.8, 4) is 6.07 Å². The minimum atomic E-state index is -4.39. The van der Waals surface area contributed by atoms with Gasteiger partial charge in [-0.05, 0) is 6.08 Å². The molecule has 0 N–H and O–H groups in total. The summed E-state index contributed by atoms with van der Waals surface area (Å²) >= 11 is 0.900. The lowest BCUT2D eigenvalue weighted by molar-refractivity contribution is -0.140. The van der Waals surface area contributed by atoms with Gasteiger partial charge in [0.05, 0.1) is 12.5 Å². The zero-order valence-corrected chi connectivity index (χ0v) is 7.69. The third-order valence-corrected chi connectivity index (χ3v) is 2.09. The highest BCUT2D eigenvalue weighted by Gasteiger charge is 2.33. The van der Waals surface area contributed by atoms with Crippen LogP contribution >= 0.6 is 11.3 Å². The smallest absolute Gasteiger partial charge is 0.232 e. The predicted octanol–water partition coefficient (Wildman–Crippen LogP) is 3.09. The average Bonchev–Trinajstić information content (AvgIpc) is 2.52. The third kappa shape index (κ3) is 2.85. The van der Waals surface area contributed by atoms with Crippen molar-refractivity contribution in [1.82, 2.24) is 4.98 Å². The van der Waals surface area contributed by atoms with Crippen LogP contribution in [0.4, 0.5) is 13.2 Å². The summed E-state index contributed by atoms with van der Waals surface area (Å²) in [6.45, 7) is 0. The molecule has 1 aromatic rings. The highest BCUT2D eigenvalue weighted by Crippen LogP contribution is 2.30. The highest BCUT2D eigenvalue weighted by atomic mass is 32.1. The van der Waals surface area contributed by atoms with Crippen LogP contribution in [0.25, 0.3) is 6.08 Å². The SMILES string of the molecule is N#CCC=Cc1nc(C(F)(F)F)cs1. The molecule has 74 valence electrons. The zero-order chi connectivity index (χ0) is 10.6. The number of hydrogen-bond acceptors (Lipinski definition) is 3. The minimum Gasteiger partial charge on any atom is -0.232 e. The maximum Gasteiger partial charge on any atom is 0.434 e. The minimum absolute atomic E-state index is 0.168. The molecule has 0 saturated carbocycles. The van der Waals surface area contributed by atoms with E-state index in [1.807, 2.05) is 6.07 Å². The molecule has 0 fully saturated rings. The standard InChI is InChI=1S/C8H5F3N2S/c9-8(10,11)6-5-14-7(13-6)3-1-2-4-12/h1,3,5H,2H2. The Bertz CT molecular complexity index is 373. The molecule has 0 aromatic carbocycles. The molecule has 6 heteroatoms. The Morgan fingerprint density at radius 1 is 1.57 bits per heavy atom. The van der Waals surface area contributed by atoms with Crippen molar-refractivity contribution >= 4 is 17.4 Å². The Morgan fingerprint density at radius 2 is 2.29 bits per heavy atom. The number of nitriles is 1. The van der Waals surface area contributed by atoms with Crippen LogP contribution in [0.2, 0.25) is 0 Å². The summed E-state index contributed by atoms with van der Waals surface area (Å²) in [6, 6.07) is 1.84. The fourth-order valence-corrected chi connectivity index (χ4v) is 1.45. The summed E-state index contributed by atoms with van der Waals surface area (Å²) in [7, 11) is 0. The summed E-state index contributed by atoms with van der Waals surface area (Å²) in [5, 5.41) is 9.39. The van der Waals surface area contributed by atoms with Crippen LogP contribution in [0.15, 0.2) is 11.5 Å². The van der Waals surface area contributed by atoms with E-state index in [2.05, 4.69) is 4.98 Å².